The van der Waals surface area contributed by atoms with Gasteiger partial charge in [-0.15, -0.1) is 0 Å². The summed E-state index contributed by atoms with van der Waals surface area (Å²) in [6.45, 7) is 11.8. The number of hydrogen-bond donors (Lipinski definition) is 0. The van der Waals surface area contributed by atoms with Crippen molar-refractivity contribution in [2.24, 2.45) is 0 Å². The van der Waals surface area contributed by atoms with E-state index in [1.807, 2.05) is 0 Å². The molecule has 2 heteroatoms. The number of aryl methyl sites for hydroxylation is 3. The topological polar surface area (TPSA) is 9.86 Å². The fourth-order valence-corrected chi connectivity index (χ4v) is 16.6. The number of fused-ring (bicyclic) bond motifs is 12. The molecule has 0 N–H and O–H groups in total. The second-order valence-electron chi connectivity index (χ2n) is 25.3. The van der Waals surface area contributed by atoms with E-state index in [0.29, 0.717) is 11.8 Å². The highest BCUT2D eigenvalue weighted by Gasteiger charge is 2.47. The number of aromatic nitrogens is 2. The molecule has 0 amide bonds. The maximum absolute atomic E-state index is 2.60. The lowest BCUT2D eigenvalue weighted by Crippen LogP contribution is -2.26. The number of para-hydroxylation sites is 1. The molecule has 4 aliphatic rings. The summed E-state index contributed by atoms with van der Waals surface area (Å²) in [5.74, 6) is 1.24. The van der Waals surface area contributed by atoms with Gasteiger partial charge in [-0.25, -0.2) is 0 Å². The molecule has 396 valence electrons. The molecule has 16 rings (SSSR count). The SMILES string of the molecule is Cc1cccc(C2(C)c3cc(-n4c5ccccc5c5ccc(C6CCCCC6)cc54)ccc3-c3cccc(-c4cccc5c4C(C)(c4cccc(C)c4)c4cc(-n6c7cc(C)ccc7c7ccc(C8CCCCC8)cc76)ccc4-5)c32)c1. The Kier molecular flexibility index (Phi) is 11.1. The Morgan fingerprint density at radius 3 is 1.22 bits per heavy atom. The Morgan fingerprint density at radius 2 is 0.728 bits per heavy atom. The van der Waals surface area contributed by atoms with Gasteiger partial charge in [-0.1, -0.05) is 201 Å². The van der Waals surface area contributed by atoms with E-state index < -0.39 is 10.8 Å². The standard InChI is InChI=1S/C79H70N2/c1-49-18-14-24-56(42-49)78(4)70-47-58(80-72-31-13-12-26-62(72)64-38-33-54(45-74(64)80)52-20-8-6-9-21-52)35-40-60(70)66-27-16-29-68(76(66)78)69-30-17-28-67-61-41-36-59(48-71(61)79(5,77(67)69)57-25-15-19-50(2)43-57)81-73-44-51(3)32-37-63(73)65-39-34-55(46-75(65)81)53-22-10-7-11-23-53/h12-19,24-48,52-53H,6-11,20-23H2,1-5H3. The molecule has 10 aromatic carbocycles. The summed E-state index contributed by atoms with van der Waals surface area (Å²) in [5, 5.41) is 5.29. The van der Waals surface area contributed by atoms with Crippen LogP contribution in [-0.2, 0) is 10.8 Å². The molecule has 0 radical (unpaired) electrons. The van der Waals surface area contributed by atoms with Gasteiger partial charge >= 0.3 is 0 Å². The minimum Gasteiger partial charge on any atom is -0.309 e. The molecule has 2 fully saturated rings. The molecule has 2 nitrogen and oxygen atoms in total. The minimum absolute atomic E-state index is 0.485. The summed E-state index contributed by atoms with van der Waals surface area (Å²) in [7, 11) is 0. The summed E-state index contributed by atoms with van der Waals surface area (Å²) in [6.07, 6.45) is 13.1. The van der Waals surface area contributed by atoms with Crippen LogP contribution in [0.2, 0.25) is 0 Å². The third-order valence-electron chi connectivity index (χ3n) is 20.6. The first-order chi connectivity index (χ1) is 39.6. The highest BCUT2D eigenvalue weighted by atomic mass is 15.0. The number of benzene rings is 10. The predicted octanol–water partition coefficient (Wildman–Crippen LogP) is 21.2. The summed E-state index contributed by atoms with van der Waals surface area (Å²) < 4.78 is 5.18. The fraction of sp³-hybridized carbons (Fsp3) is 0.241. The average molecular weight is 1050 g/mol. The second kappa shape index (κ2) is 18.4. The normalized spacial score (nSPS) is 18.9. The van der Waals surface area contributed by atoms with Crippen LogP contribution in [0, 0.1) is 20.8 Å². The van der Waals surface area contributed by atoms with Crippen molar-refractivity contribution in [3.8, 4) is 44.8 Å². The molecule has 12 aromatic rings. The maximum Gasteiger partial charge on any atom is 0.0543 e. The summed E-state index contributed by atoms with van der Waals surface area (Å²) in [4.78, 5) is 0. The lowest BCUT2D eigenvalue weighted by Gasteiger charge is -2.34. The lowest BCUT2D eigenvalue weighted by molar-refractivity contribution is 0.444. The van der Waals surface area contributed by atoms with Gasteiger partial charge in [-0.2, -0.15) is 0 Å². The van der Waals surface area contributed by atoms with E-state index in [1.54, 1.807) is 0 Å². The summed E-state index contributed by atoms with van der Waals surface area (Å²) >= 11 is 0. The van der Waals surface area contributed by atoms with Gasteiger partial charge in [-0.3, -0.25) is 0 Å². The van der Waals surface area contributed by atoms with Crippen molar-refractivity contribution in [3.63, 3.8) is 0 Å². The van der Waals surface area contributed by atoms with Crippen molar-refractivity contribution < 1.29 is 0 Å². The van der Waals surface area contributed by atoms with Gasteiger partial charge in [0.15, 0.2) is 0 Å². The minimum atomic E-state index is -0.487. The van der Waals surface area contributed by atoms with Crippen LogP contribution in [0.25, 0.3) is 88.4 Å². The van der Waals surface area contributed by atoms with Crippen molar-refractivity contribution >= 4 is 43.6 Å². The smallest absolute Gasteiger partial charge is 0.0543 e. The zero-order chi connectivity index (χ0) is 54.3. The molecule has 0 aliphatic heterocycles. The van der Waals surface area contributed by atoms with Crippen molar-refractivity contribution in [1.29, 1.82) is 0 Å². The largest absolute Gasteiger partial charge is 0.309 e. The zero-order valence-corrected chi connectivity index (χ0v) is 47.7. The molecule has 0 spiro atoms. The number of hydrogen-bond acceptors (Lipinski definition) is 0. The van der Waals surface area contributed by atoms with E-state index in [9.17, 15) is 0 Å². The first kappa shape index (κ1) is 48.7. The number of rotatable bonds is 7. The number of nitrogens with zero attached hydrogens (tertiary/aromatic N) is 2. The zero-order valence-electron chi connectivity index (χ0n) is 47.7. The van der Waals surface area contributed by atoms with Crippen LogP contribution in [0.1, 0.15) is 151 Å². The van der Waals surface area contributed by atoms with Gasteiger partial charge in [0.05, 0.1) is 22.1 Å². The van der Waals surface area contributed by atoms with Crippen LogP contribution in [0.15, 0.2) is 200 Å². The van der Waals surface area contributed by atoms with Gasteiger partial charge in [-0.05, 0) is 204 Å². The second-order valence-corrected chi connectivity index (χ2v) is 25.3. The third-order valence-corrected chi connectivity index (χ3v) is 20.6. The fourth-order valence-electron chi connectivity index (χ4n) is 16.6. The third kappa shape index (κ3) is 7.24. The van der Waals surface area contributed by atoms with Gasteiger partial charge in [0.25, 0.3) is 0 Å². The molecular formula is C79H70N2. The predicted molar refractivity (Wildman–Crippen MR) is 341 cm³/mol. The van der Waals surface area contributed by atoms with Crippen molar-refractivity contribution in [2.75, 3.05) is 0 Å². The molecule has 2 atom stereocenters. The Bertz CT molecular complexity index is 4560. The Hall–Kier alpha value is -8.20. The Labute approximate surface area is 477 Å². The summed E-state index contributed by atoms with van der Waals surface area (Å²) in [5.41, 5.74) is 29.5. The van der Waals surface area contributed by atoms with Crippen LogP contribution < -0.4 is 0 Å². The van der Waals surface area contributed by atoms with Crippen LogP contribution in [0.5, 0.6) is 0 Å². The molecule has 81 heavy (non-hydrogen) atoms. The van der Waals surface area contributed by atoms with Gasteiger partial charge < -0.3 is 9.13 Å². The van der Waals surface area contributed by atoms with E-state index in [0.717, 1.165) is 0 Å². The highest BCUT2D eigenvalue weighted by Crippen LogP contribution is 2.61. The first-order valence-corrected chi connectivity index (χ1v) is 30.5. The molecule has 2 unspecified atom stereocenters. The molecule has 4 aliphatic carbocycles. The Morgan fingerprint density at radius 1 is 0.321 bits per heavy atom. The molecule has 0 bridgehead atoms. The van der Waals surface area contributed by atoms with Crippen LogP contribution in [-0.4, -0.2) is 9.13 Å². The van der Waals surface area contributed by atoms with Gasteiger partial charge in [0, 0.05) is 43.7 Å². The molecule has 0 saturated heterocycles. The lowest BCUT2D eigenvalue weighted by atomic mass is 9.68. The van der Waals surface area contributed by atoms with E-state index >= 15 is 0 Å². The summed E-state index contributed by atoms with van der Waals surface area (Å²) in [6, 6.07) is 79.0. The first-order valence-electron chi connectivity index (χ1n) is 30.5. The van der Waals surface area contributed by atoms with Crippen LogP contribution >= 0.6 is 0 Å². The van der Waals surface area contributed by atoms with Gasteiger partial charge in [0.1, 0.15) is 0 Å². The quantitative estimate of drug-likeness (QED) is 0.151. The maximum atomic E-state index is 2.60. The van der Waals surface area contributed by atoms with Crippen molar-refractivity contribution in [2.45, 2.75) is 121 Å². The van der Waals surface area contributed by atoms with E-state index in [2.05, 4.69) is 244 Å². The van der Waals surface area contributed by atoms with Crippen molar-refractivity contribution in [3.05, 3.63) is 261 Å². The van der Waals surface area contributed by atoms with E-state index in [-0.39, 0.29) is 0 Å². The molecule has 2 heterocycles. The average Bonchev–Trinajstić information content (AvgIpc) is 2.38. The monoisotopic (exact) mass is 1050 g/mol. The molecule has 2 aromatic heterocycles. The van der Waals surface area contributed by atoms with E-state index in [1.165, 1.54) is 214 Å². The van der Waals surface area contributed by atoms with Crippen LogP contribution in [0.4, 0.5) is 0 Å². The molecule has 2 saturated carbocycles. The van der Waals surface area contributed by atoms with E-state index in [4.69, 9.17) is 0 Å². The Balaban J connectivity index is 0.904. The van der Waals surface area contributed by atoms with Crippen molar-refractivity contribution in [1.82, 2.24) is 9.13 Å². The highest BCUT2D eigenvalue weighted by molar-refractivity contribution is 6.11. The van der Waals surface area contributed by atoms with Crippen LogP contribution in [0.3, 0.4) is 0 Å². The van der Waals surface area contributed by atoms with Gasteiger partial charge in [0.2, 0.25) is 0 Å². The molecular weight excluding hydrogens is 977 g/mol.